The van der Waals surface area contributed by atoms with Crippen molar-refractivity contribution in [3.8, 4) is 0 Å². The third kappa shape index (κ3) is 1.32. The highest BCUT2D eigenvalue weighted by molar-refractivity contribution is 5.35. The number of aliphatic hydroxyl groups is 1. The molecule has 0 unspecified atom stereocenters. The lowest BCUT2D eigenvalue weighted by Gasteiger charge is -2.20. The van der Waals surface area contributed by atoms with E-state index in [9.17, 15) is 13.9 Å². The Kier molecular flexibility index (Phi) is 2.91. The van der Waals surface area contributed by atoms with E-state index in [1.165, 1.54) is 0 Å². The Morgan fingerprint density at radius 2 is 2.29 bits per heavy atom. The zero-order chi connectivity index (χ0) is 10.9. The van der Waals surface area contributed by atoms with Gasteiger partial charge in [-0.25, -0.2) is 6.57 Å². The highest BCUT2D eigenvalue weighted by atomic mass is 19.3. The fraction of sp³-hybridized carbons (Fsp3) is 0.700. The smallest absolute Gasteiger partial charge is 0.280 e. The van der Waals surface area contributed by atoms with E-state index in [0.29, 0.717) is 6.42 Å². The molecule has 1 N–H and O–H groups in total. The van der Waals surface area contributed by atoms with Crippen LogP contribution >= 0.6 is 0 Å². The molecule has 0 aromatic carbocycles. The van der Waals surface area contributed by atoms with Crippen molar-refractivity contribution < 1.29 is 13.9 Å². The Labute approximate surface area is 82.1 Å². The van der Waals surface area contributed by atoms with Gasteiger partial charge in [0.1, 0.15) is 5.57 Å². The summed E-state index contributed by atoms with van der Waals surface area (Å²) in [6, 6.07) is 0. The van der Waals surface area contributed by atoms with Gasteiger partial charge < -0.3 is 9.95 Å². The highest BCUT2D eigenvalue weighted by Crippen LogP contribution is 2.47. The fourth-order valence-electron chi connectivity index (χ4n) is 2.28. The second-order valence-corrected chi connectivity index (χ2v) is 3.72. The van der Waals surface area contributed by atoms with Crippen molar-refractivity contribution in [3.05, 3.63) is 23.1 Å². The second kappa shape index (κ2) is 3.66. The summed E-state index contributed by atoms with van der Waals surface area (Å²) in [6.07, 6.45) is -2.46. The number of nitrogens with zero attached hydrogens (tertiary/aromatic N) is 1. The molecule has 0 aliphatic heterocycles. The van der Waals surface area contributed by atoms with E-state index in [1.54, 1.807) is 13.8 Å². The quantitative estimate of drug-likeness (QED) is 0.648. The number of rotatable bonds is 1. The topological polar surface area (TPSA) is 24.6 Å². The second-order valence-electron chi connectivity index (χ2n) is 3.72. The molecular weight excluding hydrogens is 188 g/mol. The third-order valence-corrected chi connectivity index (χ3v) is 3.13. The lowest BCUT2D eigenvalue weighted by molar-refractivity contribution is 0.202. The number of hydrogen-bond acceptors (Lipinski definition) is 1. The predicted octanol–water partition coefficient (Wildman–Crippen LogP) is 2.61. The average molecular weight is 201 g/mol. The van der Waals surface area contributed by atoms with E-state index < -0.39 is 17.7 Å². The van der Waals surface area contributed by atoms with Crippen molar-refractivity contribution in [2.75, 3.05) is 0 Å². The van der Waals surface area contributed by atoms with Crippen molar-refractivity contribution in [2.45, 2.75) is 38.3 Å². The SMILES string of the molecule is [C-]#[N+][C@]1(CC)C(=C(F)F)[C@H](O)C[C@@H]1C. The predicted molar refractivity (Wildman–Crippen MR) is 48.7 cm³/mol. The molecule has 4 heteroatoms. The average Bonchev–Trinajstić information content (AvgIpc) is 2.37. The first-order valence-electron chi connectivity index (χ1n) is 4.62. The molecule has 0 spiro atoms. The van der Waals surface area contributed by atoms with Crippen LogP contribution in [0.2, 0.25) is 0 Å². The molecule has 1 fully saturated rings. The number of halogens is 2. The molecule has 0 radical (unpaired) electrons. The zero-order valence-corrected chi connectivity index (χ0v) is 8.22. The van der Waals surface area contributed by atoms with Crippen molar-refractivity contribution in [1.29, 1.82) is 0 Å². The number of hydrogen-bond donors (Lipinski definition) is 1. The molecule has 0 aromatic rings. The van der Waals surface area contributed by atoms with Crippen LogP contribution in [-0.4, -0.2) is 16.7 Å². The van der Waals surface area contributed by atoms with Crippen LogP contribution in [0.5, 0.6) is 0 Å². The van der Waals surface area contributed by atoms with Gasteiger partial charge in [0.15, 0.2) is 0 Å². The van der Waals surface area contributed by atoms with Crippen molar-refractivity contribution in [2.24, 2.45) is 5.92 Å². The summed E-state index contributed by atoms with van der Waals surface area (Å²) in [4.78, 5) is 3.32. The first kappa shape index (κ1) is 11.1. The van der Waals surface area contributed by atoms with Crippen molar-refractivity contribution in [1.82, 2.24) is 0 Å². The van der Waals surface area contributed by atoms with Crippen LogP contribution in [0.1, 0.15) is 26.7 Å². The van der Waals surface area contributed by atoms with E-state index in [1.807, 2.05) is 0 Å². The van der Waals surface area contributed by atoms with Crippen LogP contribution in [0.25, 0.3) is 4.85 Å². The normalized spacial score (nSPS) is 37.0. The van der Waals surface area contributed by atoms with Gasteiger partial charge in [-0.1, -0.05) is 13.8 Å². The van der Waals surface area contributed by atoms with E-state index in [2.05, 4.69) is 4.85 Å². The molecule has 14 heavy (non-hydrogen) atoms. The molecule has 0 heterocycles. The standard InChI is InChI=1S/C10H13F2NO/c1-4-10(13-3)6(2)5-7(14)8(10)9(11)12/h6-7,14H,4-5H2,1-2H3/t6-,7+,10-/m0/s1. The first-order chi connectivity index (χ1) is 6.49. The first-order valence-corrected chi connectivity index (χ1v) is 4.62. The van der Waals surface area contributed by atoms with Crippen molar-refractivity contribution in [3.63, 3.8) is 0 Å². The van der Waals surface area contributed by atoms with Crippen molar-refractivity contribution >= 4 is 0 Å². The van der Waals surface area contributed by atoms with Crippen LogP contribution < -0.4 is 0 Å². The molecule has 2 nitrogen and oxygen atoms in total. The van der Waals surface area contributed by atoms with Gasteiger partial charge in [0.2, 0.25) is 0 Å². The van der Waals surface area contributed by atoms with E-state index in [0.717, 1.165) is 0 Å². The molecule has 3 atom stereocenters. The molecule has 78 valence electrons. The molecule has 0 amide bonds. The minimum Gasteiger partial charge on any atom is -0.388 e. The molecule has 0 saturated heterocycles. The minimum atomic E-state index is -1.89. The molecule has 0 aromatic heterocycles. The lowest BCUT2D eigenvalue weighted by atomic mass is 9.84. The van der Waals surface area contributed by atoms with Crippen LogP contribution in [0.3, 0.4) is 0 Å². The summed E-state index contributed by atoms with van der Waals surface area (Å²) in [5.41, 5.74) is -1.54. The van der Waals surface area contributed by atoms with Gasteiger partial charge in [-0.2, -0.15) is 8.78 Å². The highest BCUT2D eigenvalue weighted by Gasteiger charge is 2.56. The molecule has 1 rings (SSSR count). The minimum absolute atomic E-state index is 0.212. The maximum Gasteiger partial charge on any atom is 0.280 e. The molecular formula is C10H13F2NO. The van der Waals surface area contributed by atoms with Crippen LogP contribution in [-0.2, 0) is 0 Å². The Hall–Kier alpha value is -0.950. The molecule has 1 aliphatic rings. The summed E-state index contributed by atoms with van der Waals surface area (Å²) in [7, 11) is 0. The van der Waals surface area contributed by atoms with Gasteiger partial charge in [-0.05, 0) is 6.42 Å². The Morgan fingerprint density at radius 1 is 1.71 bits per heavy atom. The summed E-state index contributed by atoms with van der Waals surface area (Å²) in [5, 5.41) is 9.45. The summed E-state index contributed by atoms with van der Waals surface area (Å²) < 4.78 is 25.2. The van der Waals surface area contributed by atoms with E-state index in [-0.39, 0.29) is 17.9 Å². The molecule has 1 aliphatic carbocycles. The Bertz CT molecular complexity index is 304. The van der Waals surface area contributed by atoms with Crippen LogP contribution in [0, 0.1) is 12.5 Å². The van der Waals surface area contributed by atoms with Gasteiger partial charge in [0.25, 0.3) is 11.6 Å². The summed E-state index contributed by atoms with van der Waals surface area (Å²) >= 11 is 0. The number of aliphatic hydroxyl groups excluding tert-OH is 1. The molecule has 0 bridgehead atoms. The van der Waals surface area contributed by atoms with Gasteiger partial charge in [0, 0.05) is 12.3 Å². The van der Waals surface area contributed by atoms with E-state index in [4.69, 9.17) is 6.57 Å². The maximum absolute atomic E-state index is 12.6. The summed E-state index contributed by atoms with van der Waals surface area (Å²) in [6.45, 7) is 10.5. The van der Waals surface area contributed by atoms with Crippen LogP contribution in [0.15, 0.2) is 11.7 Å². The lowest BCUT2D eigenvalue weighted by Crippen LogP contribution is -2.30. The monoisotopic (exact) mass is 201 g/mol. The Morgan fingerprint density at radius 3 is 2.57 bits per heavy atom. The van der Waals surface area contributed by atoms with Crippen LogP contribution in [0.4, 0.5) is 8.78 Å². The maximum atomic E-state index is 12.6. The zero-order valence-electron chi connectivity index (χ0n) is 8.22. The van der Waals surface area contributed by atoms with Gasteiger partial charge in [0.05, 0.1) is 6.10 Å². The Balaban J connectivity index is 3.28. The van der Waals surface area contributed by atoms with E-state index >= 15 is 0 Å². The molecule has 1 saturated carbocycles. The summed E-state index contributed by atoms with van der Waals surface area (Å²) in [5.74, 6) is -0.212. The largest absolute Gasteiger partial charge is 0.388 e. The van der Waals surface area contributed by atoms with Gasteiger partial charge in [-0.3, -0.25) is 0 Å². The van der Waals surface area contributed by atoms with Gasteiger partial charge >= 0.3 is 0 Å². The fourth-order valence-corrected chi connectivity index (χ4v) is 2.28. The third-order valence-electron chi connectivity index (χ3n) is 3.13. The van der Waals surface area contributed by atoms with Gasteiger partial charge in [-0.15, -0.1) is 0 Å².